The van der Waals surface area contributed by atoms with Crippen LogP contribution in [0.1, 0.15) is 16.1 Å². The van der Waals surface area contributed by atoms with Crippen molar-refractivity contribution < 1.29 is 23.7 Å². The van der Waals surface area contributed by atoms with Crippen LogP contribution in [0.25, 0.3) is 11.3 Å². The minimum Gasteiger partial charge on any atom is -0.497 e. The maximum Gasteiger partial charge on any atom is 0.291 e. The molecule has 0 atom stereocenters. The van der Waals surface area contributed by atoms with Gasteiger partial charge in [0.25, 0.3) is 5.91 Å². The van der Waals surface area contributed by atoms with Gasteiger partial charge in [-0.05, 0) is 24.3 Å². The average Bonchev–Trinajstić information content (AvgIpc) is 2.83. The van der Waals surface area contributed by atoms with Crippen molar-refractivity contribution in [2.24, 2.45) is 5.10 Å². The summed E-state index contributed by atoms with van der Waals surface area (Å²) >= 11 is 0. The smallest absolute Gasteiger partial charge is 0.291 e. The highest BCUT2D eigenvalue weighted by Gasteiger charge is 2.13. The van der Waals surface area contributed by atoms with Crippen LogP contribution < -0.4 is 24.4 Å². The van der Waals surface area contributed by atoms with Crippen molar-refractivity contribution in [3.05, 3.63) is 60.0 Å². The lowest BCUT2D eigenvalue weighted by molar-refractivity contribution is 0.0950. The molecule has 1 amide bonds. The minimum absolute atomic E-state index is 0.107. The lowest BCUT2D eigenvalue weighted by atomic mass is 10.1. The molecule has 160 valence electrons. The summed E-state index contributed by atoms with van der Waals surface area (Å²) in [6.07, 6.45) is 4.39. The molecule has 1 heterocycles. The van der Waals surface area contributed by atoms with E-state index in [9.17, 15) is 4.79 Å². The lowest BCUT2D eigenvalue weighted by Crippen LogP contribution is -2.19. The highest BCUT2D eigenvalue weighted by molar-refractivity contribution is 5.93. The third-order valence-electron chi connectivity index (χ3n) is 4.31. The molecule has 9 heteroatoms. The molecule has 0 fully saturated rings. The molecule has 3 aromatic rings. The van der Waals surface area contributed by atoms with Crippen LogP contribution >= 0.6 is 0 Å². The molecule has 0 aliphatic rings. The number of amides is 1. The number of rotatable bonds is 8. The van der Waals surface area contributed by atoms with Crippen LogP contribution in [0.2, 0.25) is 0 Å². The Hall–Kier alpha value is -4.14. The molecule has 1 aromatic heterocycles. The van der Waals surface area contributed by atoms with E-state index < -0.39 is 5.91 Å². The first-order valence-electron chi connectivity index (χ1n) is 9.19. The Morgan fingerprint density at radius 2 is 1.61 bits per heavy atom. The normalized spacial score (nSPS) is 10.6. The highest BCUT2D eigenvalue weighted by atomic mass is 16.5. The standard InChI is InChI=1S/C22H22N4O5/c1-28-15-5-6-18(21(10-15)31-4)19-12-23-13-20(25-19)22(27)26-24-11-14-7-16(29-2)9-17(8-14)30-3/h5-13H,1-4H3,(H,26,27). The summed E-state index contributed by atoms with van der Waals surface area (Å²) in [7, 11) is 6.23. The molecular weight excluding hydrogens is 400 g/mol. The Morgan fingerprint density at radius 1 is 0.903 bits per heavy atom. The number of hydrogen-bond donors (Lipinski definition) is 1. The average molecular weight is 422 g/mol. The predicted molar refractivity (Wildman–Crippen MR) is 115 cm³/mol. The molecule has 0 spiro atoms. The third kappa shape index (κ3) is 5.27. The van der Waals surface area contributed by atoms with Crippen LogP contribution in [-0.4, -0.2) is 50.5 Å². The zero-order valence-electron chi connectivity index (χ0n) is 17.6. The summed E-state index contributed by atoms with van der Waals surface area (Å²) < 4.78 is 21.0. The van der Waals surface area contributed by atoms with Crippen LogP contribution in [0.5, 0.6) is 23.0 Å². The van der Waals surface area contributed by atoms with Gasteiger partial charge in [0.15, 0.2) is 0 Å². The Balaban J connectivity index is 1.77. The molecule has 2 aromatic carbocycles. The zero-order valence-corrected chi connectivity index (χ0v) is 17.6. The number of ether oxygens (including phenoxy) is 4. The Bertz CT molecular complexity index is 1080. The molecule has 0 aliphatic heterocycles. The highest BCUT2D eigenvalue weighted by Crippen LogP contribution is 2.31. The van der Waals surface area contributed by atoms with Crippen molar-refractivity contribution >= 4 is 12.1 Å². The first kappa shape index (κ1) is 21.6. The number of aromatic nitrogens is 2. The van der Waals surface area contributed by atoms with Crippen LogP contribution in [0.3, 0.4) is 0 Å². The number of nitrogens with zero attached hydrogens (tertiary/aromatic N) is 3. The van der Waals surface area contributed by atoms with Gasteiger partial charge in [-0.3, -0.25) is 9.78 Å². The molecular formula is C22H22N4O5. The van der Waals surface area contributed by atoms with E-state index in [1.54, 1.807) is 71.0 Å². The SMILES string of the molecule is COc1cc(C=NNC(=O)c2cncc(-c3ccc(OC)cc3OC)n2)cc(OC)c1. The number of nitrogens with one attached hydrogen (secondary N) is 1. The molecule has 0 saturated heterocycles. The van der Waals surface area contributed by atoms with Crippen molar-refractivity contribution in [3.8, 4) is 34.3 Å². The summed E-state index contributed by atoms with van der Waals surface area (Å²) in [5.41, 5.74) is 4.40. The summed E-state index contributed by atoms with van der Waals surface area (Å²) in [6, 6.07) is 10.6. The number of hydrogen-bond acceptors (Lipinski definition) is 8. The monoisotopic (exact) mass is 422 g/mol. The second kappa shape index (κ2) is 10.1. The van der Waals surface area contributed by atoms with Crippen molar-refractivity contribution in [2.45, 2.75) is 0 Å². The first-order chi connectivity index (χ1) is 15.1. The molecule has 0 radical (unpaired) electrons. The van der Waals surface area contributed by atoms with Crippen molar-refractivity contribution in [1.82, 2.24) is 15.4 Å². The van der Waals surface area contributed by atoms with Crippen molar-refractivity contribution in [1.29, 1.82) is 0 Å². The minimum atomic E-state index is -0.507. The second-order valence-electron chi connectivity index (χ2n) is 6.20. The van der Waals surface area contributed by atoms with Gasteiger partial charge >= 0.3 is 0 Å². The van der Waals surface area contributed by atoms with E-state index in [-0.39, 0.29) is 5.69 Å². The van der Waals surface area contributed by atoms with Gasteiger partial charge in [0, 0.05) is 23.3 Å². The van der Waals surface area contributed by atoms with E-state index in [0.29, 0.717) is 39.8 Å². The third-order valence-corrected chi connectivity index (χ3v) is 4.31. The Labute approximate surface area is 179 Å². The van der Waals surface area contributed by atoms with E-state index in [0.717, 1.165) is 0 Å². The summed E-state index contributed by atoms with van der Waals surface area (Å²) in [6.45, 7) is 0. The molecule has 0 unspecified atom stereocenters. The van der Waals surface area contributed by atoms with E-state index in [1.807, 2.05) is 0 Å². The quantitative estimate of drug-likeness (QED) is 0.440. The van der Waals surface area contributed by atoms with Gasteiger partial charge in [0.2, 0.25) is 0 Å². The van der Waals surface area contributed by atoms with Gasteiger partial charge in [-0.25, -0.2) is 10.4 Å². The van der Waals surface area contributed by atoms with Gasteiger partial charge in [-0.2, -0.15) is 5.10 Å². The van der Waals surface area contributed by atoms with Crippen LogP contribution in [0.4, 0.5) is 0 Å². The number of benzene rings is 2. The van der Waals surface area contributed by atoms with Gasteiger partial charge in [-0.1, -0.05) is 0 Å². The number of carbonyl (C=O) groups is 1. The van der Waals surface area contributed by atoms with E-state index in [4.69, 9.17) is 18.9 Å². The van der Waals surface area contributed by atoms with E-state index >= 15 is 0 Å². The topological polar surface area (TPSA) is 104 Å². The fraction of sp³-hybridized carbons (Fsp3) is 0.182. The number of carbonyl (C=O) groups excluding carboxylic acids is 1. The van der Waals surface area contributed by atoms with Crippen molar-refractivity contribution in [3.63, 3.8) is 0 Å². The molecule has 0 aliphatic carbocycles. The van der Waals surface area contributed by atoms with Gasteiger partial charge in [-0.15, -0.1) is 0 Å². The first-order valence-corrected chi connectivity index (χ1v) is 9.19. The van der Waals surface area contributed by atoms with E-state index in [1.165, 1.54) is 12.4 Å². The molecule has 31 heavy (non-hydrogen) atoms. The van der Waals surface area contributed by atoms with E-state index in [2.05, 4.69) is 20.5 Å². The van der Waals surface area contributed by atoms with Gasteiger partial charge in [0.05, 0.1) is 52.7 Å². The maximum atomic E-state index is 12.5. The fourth-order valence-corrected chi connectivity index (χ4v) is 2.74. The second-order valence-corrected chi connectivity index (χ2v) is 6.20. The van der Waals surface area contributed by atoms with Gasteiger partial charge in [0.1, 0.15) is 28.7 Å². The molecule has 0 bridgehead atoms. The summed E-state index contributed by atoms with van der Waals surface area (Å²) in [5.74, 6) is 1.91. The van der Waals surface area contributed by atoms with Crippen molar-refractivity contribution in [2.75, 3.05) is 28.4 Å². The number of methoxy groups -OCH3 is 4. The predicted octanol–water partition coefficient (Wildman–Crippen LogP) is 2.94. The molecule has 3 rings (SSSR count). The summed E-state index contributed by atoms with van der Waals surface area (Å²) in [4.78, 5) is 21.0. The van der Waals surface area contributed by atoms with Gasteiger partial charge < -0.3 is 18.9 Å². The Kier molecular flexibility index (Phi) is 7.00. The summed E-state index contributed by atoms with van der Waals surface area (Å²) in [5, 5.41) is 3.98. The Morgan fingerprint density at radius 3 is 2.26 bits per heavy atom. The molecule has 1 N–H and O–H groups in total. The fourth-order valence-electron chi connectivity index (χ4n) is 2.74. The maximum absolute atomic E-state index is 12.5. The molecule has 0 saturated carbocycles. The largest absolute Gasteiger partial charge is 0.497 e. The van der Waals surface area contributed by atoms with Crippen LogP contribution in [0, 0.1) is 0 Å². The molecule has 9 nitrogen and oxygen atoms in total. The lowest BCUT2D eigenvalue weighted by Gasteiger charge is -2.10. The van der Waals surface area contributed by atoms with Crippen LogP contribution in [0.15, 0.2) is 53.9 Å². The zero-order chi connectivity index (χ0) is 22.2. The number of hydrazone groups is 1. The van der Waals surface area contributed by atoms with Crippen LogP contribution in [-0.2, 0) is 0 Å².